The molecule has 0 radical (unpaired) electrons. The highest BCUT2D eigenvalue weighted by atomic mass is 32.7. The molecule has 0 N–H and O–H groups in total. The maximum absolute atomic E-state index is 12.7. The minimum absolute atomic E-state index is 0.201. The van der Waals surface area contributed by atoms with Gasteiger partial charge in [0.1, 0.15) is 5.08 Å². The van der Waals surface area contributed by atoms with Crippen LogP contribution < -0.4 is 0 Å². The predicted octanol–water partition coefficient (Wildman–Crippen LogP) is 4.21. The summed E-state index contributed by atoms with van der Waals surface area (Å²) in [4.78, 5) is 0. The molecule has 22 heavy (non-hydrogen) atoms. The van der Waals surface area contributed by atoms with Crippen molar-refractivity contribution < 1.29 is 22.0 Å². The third kappa shape index (κ3) is 4.83. The van der Waals surface area contributed by atoms with Gasteiger partial charge in [0.05, 0.1) is 18.0 Å². The van der Waals surface area contributed by atoms with Crippen molar-refractivity contribution in [2.45, 2.75) is 32.4 Å². The van der Waals surface area contributed by atoms with Gasteiger partial charge >= 0.3 is 6.80 Å². The summed E-state index contributed by atoms with van der Waals surface area (Å²) in [5.74, 6) is 0. The highest BCUT2D eigenvalue weighted by Crippen LogP contribution is 2.61. The van der Waals surface area contributed by atoms with Crippen molar-refractivity contribution in [3.63, 3.8) is 0 Å². The molecule has 0 aromatic heterocycles. The van der Waals surface area contributed by atoms with Crippen LogP contribution >= 0.6 is 18.2 Å². The third-order valence-electron chi connectivity index (χ3n) is 3.19. The van der Waals surface area contributed by atoms with Gasteiger partial charge in [-0.2, -0.15) is 0 Å². The molecule has 0 bridgehead atoms. The normalized spacial score (nSPS) is 13.3. The Labute approximate surface area is 137 Å². The van der Waals surface area contributed by atoms with Crippen LogP contribution in [0.5, 0.6) is 0 Å². The quantitative estimate of drug-likeness (QED) is 0.610. The van der Waals surface area contributed by atoms with Gasteiger partial charge in [-0.1, -0.05) is 30.3 Å². The lowest BCUT2D eigenvalue weighted by Crippen LogP contribution is -2.30. The van der Waals surface area contributed by atoms with Crippen LogP contribution in [0.3, 0.4) is 0 Å². The first-order chi connectivity index (χ1) is 10.2. The molecule has 0 amide bonds. The molecule has 5 nitrogen and oxygen atoms in total. The van der Waals surface area contributed by atoms with Gasteiger partial charge in [-0.05, 0) is 44.6 Å². The molecule has 1 rings (SSSR count). The highest BCUT2D eigenvalue weighted by Gasteiger charge is 2.38. The van der Waals surface area contributed by atoms with Crippen molar-refractivity contribution in [3.05, 3.63) is 35.9 Å². The minimum atomic E-state index is -3.55. The summed E-state index contributed by atoms with van der Waals surface area (Å²) in [7, 11) is -3.55. The van der Waals surface area contributed by atoms with Gasteiger partial charge in [0.2, 0.25) is 0 Å². The lowest BCUT2D eigenvalue weighted by atomic mass is 10.0. The van der Waals surface area contributed by atoms with Crippen molar-refractivity contribution in [2.24, 2.45) is 0 Å². The highest BCUT2D eigenvalue weighted by molar-refractivity contribution is 8.57. The van der Waals surface area contributed by atoms with E-state index in [1.165, 1.54) is 0 Å². The van der Waals surface area contributed by atoms with Crippen LogP contribution in [0, 0.1) is 0 Å². The summed E-state index contributed by atoms with van der Waals surface area (Å²) in [6.07, 6.45) is 0. The van der Waals surface area contributed by atoms with Crippen molar-refractivity contribution in [1.82, 2.24) is 0 Å². The predicted molar refractivity (Wildman–Crippen MR) is 91.7 cm³/mol. The second-order valence-corrected chi connectivity index (χ2v) is 12.0. The van der Waals surface area contributed by atoms with E-state index in [-0.39, 0.29) is 18.3 Å². The summed E-state index contributed by atoms with van der Waals surface area (Å²) in [6, 6.07) is 8.97. The lowest BCUT2D eigenvalue weighted by molar-refractivity contribution is 0.237. The van der Waals surface area contributed by atoms with Crippen molar-refractivity contribution in [3.8, 4) is 0 Å². The van der Waals surface area contributed by atoms with Gasteiger partial charge < -0.3 is 9.05 Å². The van der Waals surface area contributed by atoms with Gasteiger partial charge in [-0.3, -0.25) is 0 Å². The molecule has 0 spiro atoms. The molecule has 1 aromatic rings. The Morgan fingerprint density at radius 1 is 1.09 bits per heavy atom. The Bertz CT molecular complexity index is 603. The average molecular weight is 366 g/mol. The van der Waals surface area contributed by atoms with Crippen LogP contribution in [0.1, 0.15) is 33.3 Å². The van der Waals surface area contributed by atoms with Crippen molar-refractivity contribution >= 4 is 28.0 Å². The van der Waals surface area contributed by atoms with E-state index >= 15 is 0 Å². The van der Waals surface area contributed by atoms with Crippen LogP contribution in [0.4, 0.5) is 0 Å². The molecular weight excluding hydrogens is 343 g/mol. The zero-order valence-electron chi connectivity index (χ0n) is 13.3. The van der Waals surface area contributed by atoms with Crippen molar-refractivity contribution in [1.29, 1.82) is 0 Å². The lowest BCUT2D eigenvalue weighted by Gasteiger charge is -2.26. The van der Waals surface area contributed by atoms with Gasteiger partial charge in [0.25, 0.3) is 0 Å². The van der Waals surface area contributed by atoms with Gasteiger partial charge in [-0.15, -0.1) is 0 Å². The van der Waals surface area contributed by atoms with E-state index in [2.05, 4.69) is 0 Å². The Morgan fingerprint density at radius 2 is 1.59 bits per heavy atom. The monoisotopic (exact) mass is 366 g/mol. The standard InChI is InChI=1S/C14H23O5PS2/c1-5-18-20(15,19-6-2)21-12-22(16,17)14(3,4)13-10-8-7-9-11-13/h7-11H,5-6,12H2,1-4H3. The summed E-state index contributed by atoms with van der Waals surface area (Å²) in [5, 5.41) is -0.327. The summed E-state index contributed by atoms with van der Waals surface area (Å²) in [6.45, 7) is 3.63. The van der Waals surface area contributed by atoms with Crippen molar-refractivity contribution in [2.75, 3.05) is 18.3 Å². The van der Waals surface area contributed by atoms with Crippen LogP contribution in [0.2, 0.25) is 0 Å². The van der Waals surface area contributed by atoms with Gasteiger partial charge in [0.15, 0.2) is 9.84 Å². The first-order valence-electron chi connectivity index (χ1n) is 7.00. The third-order valence-corrected chi connectivity index (χ3v) is 10.6. The van der Waals surface area contributed by atoms with E-state index in [4.69, 9.17) is 9.05 Å². The first kappa shape index (κ1) is 19.7. The van der Waals surface area contributed by atoms with E-state index in [9.17, 15) is 13.0 Å². The molecule has 1 aromatic carbocycles. The summed E-state index contributed by atoms with van der Waals surface area (Å²) in [5.41, 5.74) is 0.693. The molecule has 8 heteroatoms. The number of rotatable bonds is 9. The topological polar surface area (TPSA) is 69.7 Å². The SMILES string of the molecule is CCOP(=O)(OCC)SCS(=O)(=O)C(C)(C)c1ccccc1. The molecule has 0 heterocycles. The second kappa shape index (κ2) is 7.97. The van der Waals surface area contributed by atoms with E-state index in [0.717, 1.165) is 11.4 Å². The zero-order chi connectivity index (χ0) is 16.9. The number of hydrogen-bond acceptors (Lipinski definition) is 6. The Morgan fingerprint density at radius 3 is 2.05 bits per heavy atom. The zero-order valence-corrected chi connectivity index (χ0v) is 15.8. The van der Waals surface area contributed by atoms with E-state index in [1.807, 2.05) is 6.07 Å². The Hall–Kier alpha value is -0.330. The molecule has 0 saturated heterocycles. The van der Waals surface area contributed by atoms with Crippen LogP contribution in [0.15, 0.2) is 30.3 Å². The first-order valence-corrected chi connectivity index (χ1v) is 11.8. The molecule has 0 saturated carbocycles. The Balaban J connectivity index is 2.93. The minimum Gasteiger partial charge on any atom is -0.301 e. The molecule has 0 aliphatic heterocycles. The van der Waals surface area contributed by atoms with E-state index in [1.54, 1.807) is 52.0 Å². The summed E-state index contributed by atoms with van der Waals surface area (Å²) < 4.78 is 46.8. The largest absolute Gasteiger partial charge is 0.390 e. The fourth-order valence-electron chi connectivity index (χ4n) is 1.73. The second-order valence-electron chi connectivity index (χ2n) is 5.02. The van der Waals surface area contributed by atoms with E-state index < -0.39 is 21.4 Å². The molecule has 0 aliphatic carbocycles. The van der Waals surface area contributed by atoms with Crippen LogP contribution in [0.25, 0.3) is 0 Å². The molecule has 0 fully saturated rings. The molecule has 126 valence electrons. The van der Waals surface area contributed by atoms with Gasteiger partial charge in [-0.25, -0.2) is 13.0 Å². The Kier molecular flexibility index (Phi) is 7.15. The smallest absolute Gasteiger partial charge is 0.301 e. The molecule has 0 atom stereocenters. The summed E-state index contributed by atoms with van der Waals surface area (Å²) >= 11 is 0.725. The van der Waals surface area contributed by atoms with Crippen LogP contribution in [-0.2, 0) is 28.2 Å². The number of hydrogen-bond donors (Lipinski definition) is 0. The molecule has 0 aliphatic rings. The van der Waals surface area contributed by atoms with Crippen LogP contribution in [-0.4, -0.2) is 26.7 Å². The maximum atomic E-state index is 12.7. The van der Waals surface area contributed by atoms with Gasteiger partial charge in [0, 0.05) is 0 Å². The van der Waals surface area contributed by atoms with E-state index in [0.29, 0.717) is 5.56 Å². The molecule has 0 unspecified atom stereocenters. The average Bonchev–Trinajstić information content (AvgIpc) is 2.47. The molecular formula is C14H23O5PS2. The fourth-order valence-corrected chi connectivity index (χ4v) is 8.82. The number of benzene rings is 1. The fraction of sp³-hybridized carbons (Fsp3) is 0.571. The number of sulfone groups is 1. The maximum Gasteiger partial charge on any atom is 0.390 e.